The molecule has 1 rings (SSSR count). The molecule has 0 fully saturated rings. The van der Waals surface area contributed by atoms with Crippen LogP contribution < -0.4 is 11.5 Å². The van der Waals surface area contributed by atoms with E-state index in [1.54, 1.807) is 12.1 Å². The van der Waals surface area contributed by atoms with Crippen LogP contribution in [0.15, 0.2) is 16.5 Å². The molecule has 1 heterocycles. The van der Waals surface area contributed by atoms with Gasteiger partial charge < -0.3 is 15.9 Å². The Labute approximate surface area is 53.6 Å². The molecule has 1 aromatic heterocycles. The first-order valence-corrected chi connectivity index (χ1v) is 2.81. The maximum absolute atomic E-state index is 5.48. The lowest BCUT2D eigenvalue weighted by atomic mass is 10.3. The summed E-state index contributed by atoms with van der Waals surface area (Å²) in [6, 6.07) is 3.40. The summed E-state index contributed by atoms with van der Waals surface area (Å²) < 4.78 is 5.00. The summed E-state index contributed by atoms with van der Waals surface area (Å²) in [5.74, 6) is 1.15. The predicted molar refractivity (Wildman–Crippen MR) is 35.7 cm³/mol. The summed E-state index contributed by atoms with van der Waals surface area (Å²) in [6.45, 7) is 1.85. The van der Waals surface area contributed by atoms with Crippen LogP contribution in [-0.2, 0) is 0 Å². The smallest absolute Gasteiger partial charge is 0.190 e. The highest BCUT2D eigenvalue weighted by atomic mass is 16.4. The van der Waals surface area contributed by atoms with E-state index < -0.39 is 0 Å². The Bertz CT molecular complexity index is 193. The molecule has 1 atom stereocenters. The van der Waals surface area contributed by atoms with Gasteiger partial charge in [-0.15, -0.1) is 0 Å². The number of nitrogen functional groups attached to an aromatic ring is 1. The van der Waals surface area contributed by atoms with Gasteiger partial charge in [-0.1, -0.05) is 0 Å². The van der Waals surface area contributed by atoms with E-state index in [1.165, 1.54) is 0 Å². The number of hydrogen-bond donors (Lipinski definition) is 2. The van der Waals surface area contributed by atoms with Crippen molar-refractivity contribution in [2.75, 3.05) is 5.73 Å². The van der Waals surface area contributed by atoms with Crippen LogP contribution in [-0.4, -0.2) is 0 Å². The largest absolute Gasteiger partial charge is 0.444 e. The third-order valence-corrected chi connectivity index (χ3v) is 1.10. The lowest BCUT2D eigenvalue weighted by Gasteiger charge is -1.96. The maximum Gasteiger partial charge on any atom is 0.190 e. The molecule has 0 unspecified atom stereocenters. The van der Waals surface area contributed by atoms with E-state index in [9.17, 15) is 0 Å². The van der Waals surface area contributed by atoms with Crippen molar-refractivity contribution in [1.29, 1.82) is 0 Å². The zero-order valence-corrected chi connectivity index (χ0v) is 5.29. The van der Waals surface area contributed by atoms with Gasteiger partial charge in [-0.05, 0) is 13.0 Å². The lowest BCUT2D eigenvalue weighted by molar-refractivity contribution is 0.495. The fourth-order valence-electron chi connectivity index (χ4n) is 0.613. The third-order valence-electron chi connectivity index (χ3n) is 1.10. The molecule has 0 amide bonds. The van der Waals surface area contributed by atoms with Crippen molar-refractivity contribution in [2.24, 2.45) is 5.73 Å². The third kappa shape index (κ3) is 1.23. The van der Waals surface area contributed by atoms with Gasteiger partial charge in [-0.2, -0.15) is 0 Å². The fraction of sp³-hybridized carbons (Fsp3) is 0.333. The van der Waals surface area contributed by atoms with Crippen molar-refractivity contribution >= 4 is 5.88 Å². The lowest BCUT2D eigenvalue weighted by Crippen LogP contribution is -2.02. The Hall–Kier alpha value is -0.960. The predicted octanol–water partition coefficient (Wildman–Crippen LogP) is 0.882. The molecule has 0 aliphatic heterocycles. The van der Waals surface area contributed by atoms with Gasteiger partial charge in [-0.25, -0.2) is 0 Å². The molecule has 50 valence electrons. The maximum atomic E-state index is 5.48. The molecule has 0 aliphatic carbocycles. The molecular formula is C6H10N2O. The van der Waals surface area contributed by atoms with Gasteiger partial charge in [0.25, 0.3) is 0 Å². The molecule has 0 saturated carbocycles. The Morgan fingerprint density at radius 1 is 1.56 bits per heavy atom. The molecule has 3 heteroatoms. The van der Waals surface area contributed by atoms with Crippen molar-refractivity contribution in [1.82, 2.24) is 0 Å². The monoisotopic (exact) mass is 126 g/mol. The minimum Gasteiger partial charge on any atom is -0.444 e. The van der Waals surface area contributed by atoms with E-state index in [-0.39, 0.29) is 6.04 Å². The van der Waals surface area contributed by atoms with Crippen LogP contribution in [0, 0.1) is 0 Å². The number of furan rings is 1. The average Bonchev–Trinajstić information content (AvgIpc) is 2.14. The molecule has 0 aliphatic rings. The van der Waals surface area contributed by atoms with Crippen LogP contribution in [0.4, 0.5) is 5.88 Å². The highest BCUT2D eigenvalue weighted by molar-refractivity contribution is 5.26. The van der Waals surface area contributed by atoms with Crippen molar-refractivity contribution < 1.29 is 4.42 Å². The van der Waals surface area contributed by atoms with Crippen LogP contribution in [0.1, 0.15) is 18.7 Å². The van der Waals surface area contributed by atoms with Crippen LogP contribution in [0.2, 0.25) is 0 Å². The SMILES string of the molecule is C[C@@H](N)c1ccc(N)o1. The first-order valence-electron chi connectivity index (χ1n) is 2.81. The summed E-state index contributed by atoms with van der Waals surface area (Å²) >= 11 is 0. The van der Waals surface area contributed by atoms with E-state index in [0.29, 0.717) is 5.88 Å². The number of rotatable bonds is 1. The van der Waals surface area contributed by atoms with Crippen LogP contribution in [0.25, 0.3) is 0 Å². The molecule has 0 saturated heterocycles. The minimum absolute atomic E-state index is 0.0673. The van der Waals surface area contributed by atoms with E-state index in [4.69, 9.17) is 15.9 Å². The van der Waals surface area contributed by atoms with Crippen LogP contribution in [0.3, 0.4) is 0 Å². The van der Waals surface area contributed by atoms with Crippen molar-refractivity contribution in [2.45, 2.75) is 13.0 Å². The number of hydrogen-bond acceptors (Lipinski definition) is 3. The van der Waals surface area contributed by atoms with Gasteiger partial charge >= 0.3 is 0 Å². The molecule has 9 heavy (non-hydrogen) atoms. The quantitative estimate of drug-likeness (QED) is 0.587. The Morgan fingerprint density at radius 3 is 2.44 bits per heavy atom. The minimum atomic E-state index is -0.0673. The molecule has 1 aromatic rings. The number of anilines is 1. The second-order valence-corrected chi connectivity index (χ2v) is 2.03. The Kier molecular flexibility index (Phi) is 1.44. The summed E-state index contributed by atoms with van der Waals surface area (Å²) in [5, 5.41) is 0. The molecule has 3 nitrogen and oxygen atoms in total. The van der Waals surface area contributed by atoms with E-state index in [0.717, 1.165) is 5.76 Å². The zero-order chi connectivity index (χ0) is 6.85. The van der Waals surface area contributed by atoms with Gasteiger partial charge in [0.05, 0.1) is 6.04 Å². The first kappa shape index (κ1) is 6.16. The Morgan fingerprint density at radius 2 is 2.22 bits per heavy atom. The van der Waals surface area contributed by atoms with E-state index >= 15 is 0 Å². The zero-order valence-electron chi connectivity index (χ0n) is 5.29. The van der Waals surface area contributed by atoms with Gasteiger partial charge in [-0.3, -0.25) is 0 Å². The summed E-state index contributed by atoms with van der Waals surface area (Å²) in [7, 11) is 0. The second-order valence-electron chi connectivity index (χ2n) is 2.03. The molecule has 0 radical (unpaired) electrons. The van der Waals surface area contributed by atoms with Gasteiger partial charge in [0, 0.05) is 6.07 Å². The van der Waals surface area contributed by atoms with Gasteiger partial charge in [0.15, 0.2) is 5.88 Å². The molecule has 0 spiro atoms. The molecule has 0 bridgehead atoms. The molecular weight excluding hydrogens is 116 g/mol. The summed E-state index contributed by atoms with van der Waals surface area (Å²) in [5.41, 5.74) is 10.8. The van der Waals surface area contributed by atoms with Crippen LogP contribution in [0.5, 0.6) is 0 Å². The highest BCUT2D eigenvalue weighted by Gasteiger charge is 2.01. The number of nitrogens with two attached hydrogens (primary N) is 2. The average molecular weight is 126 g/mol. The normalized spacial score (nSPS) is 13.6. The highest BCUT2D eigenvalue weighted by Crippen LogP contribution is 2.14. The standard InChI is InChI=1S/C6H10N2O/c1-4(7)5-2-3-6(8)9-5/h2-4H,7-8H2,1H3/t4-/m1/s1. The Balaban J connectivity index is 2.85. The summed E-state index contributed by atoms with van der Waals surface area (Å²) in [6.07, 6.45) is 0. The van der Waals surface area contributed by atoms with E-state index in [2.05, 4.69) is 0 Å². The second kappa shape index (κ2) is 2.11. The van der Waals surface area contributed by atoms with Crippen LogP contribution >= 0.6 is 0 Å². The topological polar surface area (TPSA) is 65.2 Å². The van der Waals surface area contributed by atoms with Crippen molar-refractivity contribution in [3.05, 3.63) is 17.9 Å². The fourth-order valence-corrected chi connectivity index (χ4v) is 0.613. The molecule has 4 N–H and O–H groups in total. The van der Waals surface area contributed by atoms with Crippen molar-refractivity contribution in [3.63, 3.8) is 0 Å². The van der Waals surface area contributed by atoms with E-state index in [1.807, 2.05) is 6.92 Å². The first-order chi connectivity index (χ1) is 4.20. The molecule has 0 aromatic carbocycles. The van der Waals surface area contributed by atoms with Gasteiger partial charge in [0.1, 0.15) is 5.76 Å². The van der Waals surface area contributed by atoms with Gasteiger partial charge in [0.2, 0.25) is 0 Å². The summed E-state index contributed by atoms with van der Waals surface area (Å²) in [4.78, 5) is 0. The van der Waals surface area contributed by atoms with Crippen molar-refractivity contribution in [3.8, 4) is 0 Å².